The zero-order valence-electron chi connectivity index (χ0n) is 16.1. The molecule has 0 unspecified atom stereocenters. The molecule has 2 N–H and O–H groups in total. The third kappa shape index (κ3) is 4.03. The van der Waals surface area contributed by atoms with E-state index in [0.717, 1.165) is 16.1 Å². The summed E-state index contributed by atoms with van der Waals surface area (Å²) in [5.74, 6) is 0.585. The lowest BCUT2D eigenvalue weighted by Crippen LogP contribution is -2.13. The van der Waals surface area contributed by atoms with Crippen LogP contribution in [-0.4, -0.2) is 15.0 Å². The lowest BCUT2D eigenvalue weighted by Gasteiger charge is -2.16. The van der Waals surface area contributed by atoms with Gasteiger partial charge < -0.3 is 10.6 Å². The van der Waals surface area contributed by atoms with Crippen LogP contribution in [0.15, 0.2) is 48.8 Å². The second-order valence-electron chi connectivity index (χ2n) is 7.06. The first-order chi connectivity index (χ1) is 14.4. The molecule has 2 aromatic carbocycles. The van der Waals surface area contributed by atoms with Crippen LogP contribution in [0.4, 0.5) is 22.3 Å². The first-order valence-corrected chi connectivity index (χ1v) is 10.6. The Morgan fingerprint density at radius 3 is 2.37 bits per heavy atom. The highest BCUT2D eigenvalue weighted by atomic mass is 35.5. The lowest BCUT2D eigenvalue weighted by molar-refractivity contribution is 0.687. The molecule has 0 amide bonds. The number of para-hydroxylation sites is 1. The highest BCUT2D eigenvalue weighted by Crippen LogP contribution is 2.36. The zero-order valence-corrected chi connectivity index (χ0v) is 18.4. The summed E-state index contributed by atoms with van der Waals surface area (Å²) in [6, 6.07) is 15.3. The number of halogens is 2. The molecule has 9 heteroatoms. The Bertz CT molecular complexity index is 1240. The predicted molar refractivity (Wildman–Crippen MR) is 123 cm³/mol. The van der Waals surface area contributed by atoms with Gasteiger partial charge in [0.1, 0.15) is 11.8 Å². The van der Waals surface area contributed by atoms with Crippen LogP contribution in [0.5, 0.6) is 0 Å². The van der Waals surface area contributed by atoms with Crippen LogP contribution in [-0.2, 0) is 5.41 Å². The number of anilines is 4. The first kappa shape index (κ1) is 20.4. The number of thiazole rings is 1. The maximum atomic E-state index is 9.30. The van der Waals surface area contributed by atoms with E-state index in [1.54, 1.807) is 18.2 Å². The summed E-state index contributed by atoms with van der Waals surface area (Å²) in [7, 11) is 0. The molecule has 4 rings (SSSR count). The summed E-state index contributed by atoms with van der Waals surface area (Å²) in [6.07, 6.45) is 1.49. The van der Waals surface area contributed by atoms with Crippen LogP contribution in [0.25, 0.3) is 10.3 Å². The summed E-state index contributed by atoms with van der Waals surface area (Å²) in [5, 5.41) is 17.4. The molecule has 2 aromatic heterocycles. The Morgan fingerprint density at radius 2 is 1.70 bits per heavy atom. The normalized spacial score (nSPS) is 11.3. The molecule has 0 saturated carbocycles. The van der Waals surface area contributed by atoms with E-state index < -0.39 is 5.41 Å². The maximum absolute atomic E-state index is 9.30. The third-order valence-electron chi connectivity index (χ3n) is 4.54. The molecule has 0 bridgehead atoms. The summed E-state index contributed by atoms with van der Waals surface area (Å²) >= 11 is 13.9. The Labute approximate surface area is 187 Å². The van der Waals surface area contributed by atoms with E-state index in [1.165, 1.54) is 17.7 Å². The van der Waals surface area contributed by atoms with Crippen LogP contribution >= 0.6 is 34.5 Å². The van der Waals surface area contributed by atoms with E-state index in [4.69, 9.17) is 23.2 Å². The van der Waals surface area contributed by atoms with Crippen molar-refractivity contribution in [2.24, 2.45) is 0 Å². The largest absolute Gasteiger partial charge is 0.338 e. The minimum absolute atomic E-state index is 0.506. The summed E-state index contributed by atoms with van der Waals surface area (Å²) in [4.78, 5) is 14.0. The van der Waals surface area contributed by atoms with E-state index >= 15 is 0 Å². The van der Waals surface area contributed by atoms with Gasteiger partial charge in [0, 0.05) is 5.69 Å². The van der Waals surface area contributed by atoms with Crippen LogP contribution in [0.1, 0.15) is 19.4 Å². The number of nitrogens with one attached hydrogen (secondary N) is 2. The molecular weight excluding hydrogens is 439 g/mol. The molecule has 4 aromatic rings. The minimum atomic E-state index is -0.545. The average molecular weight is 455 g/mol. The summed E-state index contributed by atoms with van der Waals surface area (Å²) in [6.45, 7) is 3.77. The predicted octanol–water partition coefficient (Wildman–Crippen LogP) is 6.68. The van der Waals surface area contributed by atoms with Gasteiger partial charge in [0.15, 0.2) is 15.8 Å². The Kier molecular flexibility index (Phi) is 5.48. The van der Waals surface area contributed by atoms with Crippen molar-refractivity contribution in [1.82, 2.24) is 15.0 Å². The second-order valence-corrected chi connectivity index (χ2v) is 8.85. The van der Waals surface area contributed by atoms with Crippen molar-refractivity contribution >= 4 is 67.2 Å². The fraction of sp³-hybridized carbons (Fsp3) is 0.143. The van der Waals surface area contributed by atoms with Crippen molar-refractivity contribution in [3.63, 3.8) is 0 Å². The molecule has 150 valence electrons. The van der Waals surface area contributed by atoms with Crippen molar-refractivity contribution in [1.29, 1.82) is 5.26 Å². The van der Waals surface area contributed by atoms with Gasteiger partial charge in [0.05, 0.1) is 27.2 Å². The number of hydrogen-bond donors (Lipinski definition) is 2. The first-order valence-electron chi connectivity index (χ1n) is 8.99. The van der Waals surface area contributed by atoms with Gasteiger partial charge >= 0.3 is 0 Å². The molecule has 0 aliphatic rings. The Hall–Kier alpha value is -2.92. The number of nitrogens with zero attached hydrogens (tertiary/aromatic N) is 4. The Morgan fingerprint density at radius 1 is 1.00 bits per heavy atom. The molecule has 0 saturated heterocycles. The average Bonchev–Trinajstić information content (AvgIpc) is 3.15. The van der Waals surface area contributed by atoms with Crippen LogP contribution in [0, 0.1) is 11.3 Å². The van der Waals surface area contributed by atoms with E-state index in [0.29, 0.717) is 32.2 Å². The van der Waals surface area contributed by atoms with Crippen LogP contribution in [0.2, 0.25) is 10.0 Å². The van der Waals surface area contributed by atoms with Gasteiger partial charge in [-0.1, -0.05) is 52.7 Å². The molecular formula is C21H16Cl2N6S. The van der Waals surface area contributed by atoms with E-state index in [9.17, 15) is 5.26 Å². The smallest absolute Gasteiger partial charge is 0.190 e. The van der Waals surface area contributed by atoms with E-state index in [2.05, 4.69) is 31.7 Å². The third-order valence-corrected chi connectivity index (χ3v) is 6.05. The fourth-order valence-electron chi connectivity index (χ4n) is 2.79. The molecule has 6 nitrogen and oxygen atoms in total. The topological polar surface area (TPSA) is 86.5 Å². The van der Waals surface area contributed by atoms with Gasteiger partial charge in [0.25, 0.3) is 0 Å². The van der Waals surface area contributed by atoms with Gasteiger partial charge in [-0.05, 0) is 43.7 Å². The fourth-order valence-corrected chi connectivity index (χ4v) is 4.10. The monoisotopic (exact) mass is 454 g/mol. The zero-order chi connectivity index (χ0) is 21.3. The number of benzene rings is 2. The van der Waals surface area contributed by atoms with Crippen LogP contribution in [0.3, 0.4) is 0 Å². The van der Waals surface area contributed by atoms with Crippen molar-refractivity contribution in [3.8, 4) is 6.07 Å². The number of hydrogen-bond acceptors (Lipinski definition) is 7. The van der Waals surface area contributed by atoms with Crippen molar-refractivity contribution < 1.29 is 0 Å². The number of rotatable bonds is 5. The molecule has 30 heavy (non-hydrogen) atoms. The minimum Gasteiger partial charge on any atom is -0.338 e. The number of aromatic nitrogens is 3. The number of fused-ring (bicyclic) bond motifs is 1. The molecule has 0 atom stereocenters. The number of nitriles is 1. The lowest BCUT2D eigenvalue weighted by atomic mass is 9.86. The van der Waals surface area contributed by atoms with E-state index in [1.807, 2.05) is 38.1 Å². The SMILES string of the molecule is CC(C)(C#N)c1ccc(Nc2ncnc3sc(Nc4c(Cl)cccc4Cl)nc23)cc1. The molecule has 2 heterocycles. The highest BCUT2D eigenvalue weighted by molar-refractivity contribution is 7.21. The molecule has 0 fully saturated rings. The van der Waals surface area contributed by atoms with Gasteiger partial charge in [0.2, 0.25) is 0 Å². The standard InChI is InChI=1S/C21H16Cl2N6S/c1-21(2,10-24)12-6-8-13(9-7-12)27-18-17-19(26-11-25-18)30-20(29-17)28-16-14(22)4-3-5-15(16)23/h3-9,11H,1-2H3,(H,28,29)(H,25,26,27). The van der Waals surface area contributed by atoms with Crippen molar-refractivity contribution in [2.75, 3.05) is 10.6 Å². The molecule has 0 aliphatic carbocycles. The van der Waals surface area contributed by atoms with Gasteiger partial charge in [-0.25, -0.2) is 15.0 Å². The maximum Gasteiger partial charge on any atom is 0.190 e. The summed E-state index contributed by atoms with van der Waals surface area (Å²) in [5.41, 5.74) is 2.47. The van der Waals surface area contributed by atoms with Gasteiger partial charge in [-0.3, -0.25) is 0 Å². The molecule has 0 aliphatic heterocycles. The summed E-state index contributed by atoms with van der Waals surface area (Å²) < 4.78 is 0. The van der Waals surface area contributed by atoms with E-state index in [-0.39, 0.29) is 0 Å². The molecule has 0 radical (unpaired) electrons. The van der Waals surface area contributed by atoms with Gasteiger partial charge in [-0.2, -0.15) is 5.26 Å². The highest BCUT2D eigenvalue weighted by Gasteiger charge is 2.19. The van der Waals surface area contributed by atoms with Gasteiger partial charge in [-0.15, -0.1) is 0 Å². The Balaban J connectivity index is 1.62. The quantitative estimate of drug-likeness (QED) is 0.349. The van der Waals surface area contributed by atoms with Crippen LogP contribution < -0.4 is 10.6 Å². The van der Waals surface area contributed by atoms with Crippen molar-refractivity contribution in [2.45, 2.75) is 19.3 Å². The second kappa shape index (κ2) is 8.07. The van der Waals surface area contributed by atoms with Crippen molar-refractivity contribution in [3.05, 3.63) is 64.4 Å². The molecule has 0 spiro atoms.